The van der Waals surface area contributed by atoms with Crippen molar-refractivity contribution >= 4 is 11.4 Å². The lowest BCUT2D eigenvalue weighted by molar-refractivity contribution is 0.0936. The highest BCUT2D eigenvalue weighted by Crippen LogP contribution is 2.21. The fourth-order valence-electron chi connectivity index (χ4n) is 2.19. The summed E-state index contributed by atoms with van der Waals surface area (Å²) >= 11 is 0. The zero-order chi connectivity index (χ0) is 14.6. The van der Waals surface area contributed by atoms with Gasteiger partial charge < -0.3 is 11.1 Å². The van der Waals surface area contributed by atoms with Crippen LogP contribution in [0, 0.1) is 5.41 Å². The molecule has 20 heavy (non-hydrogen) atoms. The maximum Gasteiger partial charge on any atom is 0.255 e. The van der Waals surface area contributed by atoms with E-state index in [2.05, 4.69) is 24.3 Å². The Balaban J connectivity index is 2.02. The fraction of sp³-hybridized carbons (Fsp3) is 0.467. The largest absolute Gasteiger partial charge is 0.351 e. The molecular weight excluding hydrogens is 252 g/mol. The summed E-state index contributed by atoms with van der Waals surface area (Å²) < 4.78 is 1.70. The van der Waals surface area contributed by atoms with E-state index in [-0.39, 0.29) is 11.3 Å². The molecule has 0 fully saturated rings. The van der Waals surface area contributed by atoms with Gasteiger partial charge in [-0.05, 0) is 36.9 Å². The molecule has 0 saturated heterocycles. The third-order valence-electron chi connectivity index (χ3n) is 3.46. The van der Waals surface area contributed by atoms with Gasteiger partial charge in [-0.2, -0.15) is 5.10 Å². The Morgan fingerprint density at radius 3 is 3.00 bits per heavy atom. The van der Waals surface area contributed by atoms with Crippen molar-refractivity contribution in [1.29, 1.82) is 0 Å². The summed E-state index contributed by atoms with van der Waals surface area (Å²) in [6.45, 7) is 5.60. The zero-order valence-electron chi connectivity index (χ0n) is 12.1. The van der Waals surface area contributed by atoms with E-state index < -0.39 is 0 Å². The van der Waals surface area contributed by atoms with Gasteiger partial charge in [0.05, 0.1) is 17.3 Å². The smallest absolute Gasteiger partial charge is 0.255 e. The first-order valence-electron chi connectivity index (χ1n) is 6.94. The van der Waals surface area contributed by atoms with Crippen LogP contribution in [-0.4, -0.2) is 28.6 Å². The summed E-state index contributed by atoms with van der Waals surface area (Å²) in [7, 11) is 0. The number of nitrogens with two attached hydrogens (primary N) is 1. The average molecular weight is 274 g/mol. The Kier molecular flexibility index (Phi) is 4.39. The van der Waals surface area contributed by atoms with Crippen molar-refractivity contribution in [2.24, 2.45) is 11.1 Å². The number of rotatable bonds is 6. The highest BCUT2D eigenvalue weighted by Gasteiger charge is 2.20. The molecule has 0 aliphatic carbocycles. The molecule has 0 radical (unpaired) electrons. The van der Waals surface area contributed by atoms with Crippen LogP contribution in [0.1, 0.15) is 37.0 Å². The van der Waals surface area contributed by atoms with Gasteiger partial charge in [-0.1, -0.05) is 19.9 Å². The molecule has 0 saturated carbocycles. The molecule has 3 N–H and O–H groups in total. The van der Waals surface area contributed by atoms with Gasteiger partial charge in [-0.25, -0.2) is 4.52 Å². The standard InChI is InChI=1S/C15H22N4O/c1-15(2,7-5-8-16)11-17-14(20)12-10-18-19-9-4-3-6-13(12)19/h3-4,6,9-10H,5,7-8,11,16H2,1-2H3,(H,17,20). The highest BCUT2D eigenvalue weighted by atomic mass is 16.1. The monoisotopic (exact) mass is 274 g/mol. The molecule has 1 amide bonds. The molecule has 2 rings (SSSR count). The van der Waals surface area contributed by atoms with Crippen LogP contribution in [0.5, 0.6) is 0 Å². The summed E-state index contributed by atoms with van der Waals surface area (Å²) in [5.41, 5.74) is 7.02. The van der Waals surface area contributed by atoms with Crippen molar-refractivity contribution in [3.8, 4) is 0 Å². The number of carbonyl (C=O) groups excluding carboxylic acids is 1. The van der Waals surface area contributed by atoms with Crippen molar-refractivity contribution in [3.05, 3.63) is 36.2 Å². The molecule has 5 heteroatoms. The maximum absolute atomic E-state index is 12.3. The second-order valence-corrected chi connectivity index (χ2v) is 5.83. The first-order chi connectivity index (χ1) is 9.53. The lowest BCUT2D eigenvalue weighted by Gasteiger charge is -2.24. The number of amides is 1. The van der Waals surface area contributed by atoms with Gasteiger partial charge in [0.25, 0.3) is 5.91 Å². The van der Waals surface area contributed by atoms with Crippen molar-refractivity contribution in [2.45, 2.75) is 26.7 Å². The van der Waals surface area contributed by atoms with Crippen molar-refractivity contribution in [1.82, 2.24) is 14.9 Å². The molecular formula is C15H22N4O. The van der Waals surface area contributed by atoms with Gasteiger partial charge in [0.15, 0.2) is 0 Å². The molecule has 2 heterocycles. The van der Waals surface area contributed by atoms with Crippen LogP contribution in [-0.2, 0) is 0 Å². The van der Waals surface area contributed by atoms with Crippen LogP contribution in [0.3, 0.4) is 0 Å². The normalized spacial score (nSPS) is 11.8. The van der Waals surface area contributed by atoms with Gasteiger partial charge in [-0.15, -0.1) is 0 Å². The molecule has 108 valence electrons. The van der Waals surface area contributed by atoms with E-state index in [4.69, 9.17) is 5.73 Å². The first kappa shape index (κ1) is 14.5. The van der Waals surface area contributed by atoms with Crippen LogP contribution < -0.4 is 11.1 Å². The lowest BCUT2D eigenvalue weighted by atomic mass is 9.87. The number of nitrogens with zero attached hydrogens (tertiary/aromatic N) is 2. The van der Waals surface area contributed by atoms with Crippen LogP contribution in [0.25, 0.3) is 5.52 Å². The minimum Gasteiger partial charge on any atom is -0.351 e. The summed E-state index contributed by atoms with van der Waals surface area (Å²) in [6.07, 6.45) is 5.41. The summed E-state index contributed by atoms with van der Waals surface area (Å²) in [5.74, 6) is -0.0768. The Labute approximate surface area is 119 Å². The van der Waals surface area contributed by atoms with E-state index in [1.54, 1.807) is 10.7 Å². The van der Waals surface area contributed by atoms with Gasteiger partial charge in [0.1, 0.15) is 0 Å². The third kappa shape index (κ3) is 3.36. The first-order valence-corrected chi connectivity index (χ1v) is 6.94. The Hall–Kier alpha value is -1.88. The minimum absolute atomic E-state index is 0.0536. The molecule has 0 bridgehead atoms. The SMILES string of the molecule is CC(C)(CCCN)CNC(=O)c1cnn2ccccc12. The highest BCUT2D eigenvalue weighted by molar-refractivity contribution is 6.00. The maximum atomic E-state index is 12.3. The van der Waals surface area contributed by atoms with E-state index in [9.17, 15) is 4.79 Å². The lowest BCUT2D eigenvalue weighted by Crippen LogP contribution is -2.34. The van der Waals surface area contributed by atoms with E-state index >= 15 is 0 Å². The number of fused-ring (bicyclic) bond motifs is 1. The molecule has 0 spiro atoms. The summed E-state index contributed by atoms with van der Waals surface area (Å²) in [6, 6.07) is 5.68. The van der Waals surface area contributed by atoms with E-state index in [1.165, 1.54) is 0 Å². The van der Waals surface area contributed by atoms with Crippen LogP contribution >= 0.6 is 0 Å². The number of nitrogens with one attached hydrogen (secondary N) is 1. The molecule has 0 aromatic carbocycles. The minimum atomic E-state index is -0.0768. The van der Waals surface area contributed by atoms with Crippen LogP contribution in [0.4, 0.5) is 0 Å². The quantitative estimate of drug-likeness (QED) is 0.844. The number of aromatic nitrogens is 2. The number of hydrogen-bond donors (Lipinski definition) is 2. The van der Waals surface area contributed by atoms with Gasteiger partial charge in [-0.3, -0.25) is 4.79 Å². The Morgan fingerprint density at radius 2 is 2.25 bits per heavy atom. The third-order valence-corrected chi connectivity index (χ3v) is 3.46. The topological polar surface area (TPSA) is 72.4 Å². The van der Waals surface area contributed by atoms with Crippen molar-refractivity contribution < 1.29 is 4.79 Å². The Morgan fingerprint density at radius 1 is 1.45 bits per heavy atom. The number of carbonyl (C=O) groups is 1. The molecule has 0 aliphatic heterocycles. The van der Waals surface area contributed by atoms with Crippen molar-refractivity contribution in [3.63, 3.8) is 0 Å². The second-order valence-electron chi connectivity index (χ2n) is 5.83. The molecule has 2 aromatic heterocycles. The number of pyridine rings is 1. The van der Waals surface area contributed by atoms with Crippen LogP contribution in [0.2, 0.25) is 0 Å². The van der Waals surface area contributed by atoms with E-state index in [0.717, 1.165) is 18.4 Å². The predicted octanol–water partition coefficient (Wildman–Crippen LogP) is 1.83. The summed E-state index contributed by atoms with van der Waals surface area (Å²) in [4.78, 5) is 12.3. The molecule has 0 unspecified atom stereocenters. The molecule has 0 atom stereocenters. The van der Waals surface area contributed by atoms with E-state index in [1.807, 2.05) is 24.4 Å². The fourth-order valence-corrected chi connectivity index (χ4v) is 2.19. The van der Waals surface area contributed by atoms with Crippen LogP contribution in [0.15, 0.2) is 30.6 Å². The summed E-state index contributed by atoms with van der Waals surface area (Å²) in [5, 5.41) is 7.17. The average Bonchev–Trinajstić information content (AvgIpc) is 2.87. The predicted molar refractivity (Wildman–Crippen MR) is 79.6 cm³/mol. The van der Waals surface area contributed by atoms with Gasteiger partial charge >= 0.3 is 0 Å². The number of hydrogen-bond acceptors (Lipinski definition) is 3. The second kappa shape index (κ2) is 6.05. The van der Waals surface area contributed by atoms with Gasteiger partial charge in [0, 0.05) is 12.7 Å². The molecule has 2 aromatic rings. The van der Waals surface area contributed by atoms with E-state index in [0.29, 0.717) is 18.7 Å². The Bertz CT molecular complexity index is 588. The van der Waals surface area contributed by atoms with Crippen molar-refractivity contribution in [2.75, 3.05) is 13.1 Å². The molecule has 5 nitrogen and oxygen atoms in total. The molecule has 0 aliphatic rings. The zero-order valence-corrected chi connectivity index (χ0v) is 12.1. The van der Waals surface area contributed by atoms with Gasteiger partial charge in [0.2, 0.25) is 0 Å².